The van der Waals surface area contributed by atoms with Crippen LogP contribution in [-0.2, 0) is 14.3 Å². The molecular formula is C7H12ClNO3. The Morgan fingerprint density at radius 3 is 2.50 bits per heavy atom. The predicted molar refractivity (Wildman–Crippen MR) is 44.7 cm³/mol. The van der Waals surface area contributed by atoms with E-state index in [2.05, 4.69) is 4.74 Å². The molecule has 0 aromatic heterocycles. The lowest BCUT2D eigenvalue weighted by Crippen LogP contribution is -2.32. The summed E-state index contributed by atoms with van der Waals surface area (Å²) in [5, 5.41) is 0. The number of nitrogens with two attached hydrogens (primary N) is 1. The van der Waals surface area contributed by atoms with Gasteiger partial charge in [-0.1, -0.05) is 0 Å². The highest BCUT2D eigenvalue weighted by Gasteiger charge is 2.24. The summed E-state index contributed by atoms with van der Waals surface area (Å²) < 4.78 is 4.62. The fourth-order valence-corrected chi connectivity index (χ4v) is 0.946. The summed E-state index contributed by atoms with van der Waals surface area (Å²) in [4.78, 5) is 21.7. The standard InChI is InChI=1S/C7H12ClNO3/c1-2-12-7(11)5(3-4-8)6(9)10/h5H,2-4H2,1H3,(H2,9,10)/t5-/m0/s1. The van der Waals surface area contributed by atoms with Crippen molar-refractivity contribution in [2.24, 2.45) is 11.7 Å². The van der Waals surface area contributed by atoms with Crippen molar-refractivity contribution in [1.29, 1.82) is 0 Å². The zero-order valence-electron chi connectivity index (χ0n) is 6.88. The summed E-state index contributed by atoms with van der Waals surface area (Å²) >= 11 is 5.37. The van der Waals surface area contributed by atoms with Crippen LogP contribution in [0.15, 0.2) is 0 Å². The fourth-order valence-electron chi connectivity index (χ4n) is 0.728. The average Bonchev–Trinajstić information content (AvgIpc) is 1.99. The number of amides is 1. The smallest absolute Gasteiger partial charge is 0.318 e. The second-order valence-corrected chi connectivity index (χ2v) is 2.56. The Bertz CT molecular complexity index is 172. The third kappa shape index (κ3) is 3.57. The molecule has 0 bridgehead atoms. The number of halogens is 1. The van der Waals surface area contributed by atoms with Crippen molar-refractivity contribution in [2.75, 3.05) is 12.5 Å². The van der Waals surface area contributed by atoms with Gasteiger partial charge in [0.25, 0.3) is 0 Å². The number of rotatable bonds is 5. The number of carbonyl (C=O) groups excluding carboxylic acids is 2. The quantitative estimate of drug-likeness (QED) is 0.387. The average molecular weight is 194 g/mol. The van der Waals surface area contributed by atoms with Crippen molar-refractivity contribution in [1.82, 2.24) is 0 Å². The van der Waals surface area contributed by atoms with E-state index in [0.29, 0.717) is 0 Å². The minimum atomic E-state index is -0.901. The lowest BCUT2D eigenvalue weighted by atomic mass is 10.1. The summed E-state index contributed by atoms with van der Waals surface area (Å²) in [7, 11) is 0. The first-order valence-electron chi connectivity index (χ1n) is 3.65. The number of hydrogen-bond acceptors (Lipinski definition) is 3. The van der Waals surface area contributed by atoms with Crippen molar-refractivity contribution < 1.29 is 14.3 Å². The molecule has 12 heavy (non-hydrogen) atoms. The molecule has 0 saturated carbocycles. The fraction of sp³-hybridized carbons (Fsp3) is 0.714. The Labute approximate surface area is 76.0 Å². The van der Waals surface area contributed by atoms with Gasteiger partial charge in [0.2, 0.25) is 5.91 Å². The lowest BCUT2D eigenvalue weighted by Gasteiger charge is -2.09. The molecule has 0 rings (SSSR count). The zero-order valence-corrected chi connectivity index (χ0v) is 7.63. The van der Waals surface area contributed by atoms with E-state index in [0.717, 1.165) is 0 Å². The number of primary amides is 1. The normalized spacial score (nSPS) is 12.2. The van der Waals surface area contributed by atoms with Crippen LogP contribution in [0.5, 0.6) is 0 Å². The molecule has 0 unspecified atom stereocenters. The van der Waals surface area contributed by atoms with Crippen LogP contribution in [0.4, 0.5) is 0 Å². The first-order valence-corrected chi connectivity index (χ1v) is 4.18. The van der Waals surface area contributed by atoms with Crippen LogP contribution in [0.2, 0.25) is 0 Å². The molecule has 2 N–H and O–H groups in total. The van der Waals surface area contributed by atoms with Gasteiger partial charge in [-0.2, -0.15) is 0 Å². The Morgan fingerprint density at radius 1 is 1.58 bits per heavy atom. The molecule has 70 valence electrons. The summed E-state index contributed by atoms with van der Waals surface area (Å²) in [5.41, 5.74) is 4.96. The second kappa shape index (κ2) is 5.83. The Kier molecular flexibility index (Phi) is 5.45. The van der Waals surface area contributed by atoms with Gasteiger partial charge < -0.3 is 10.5 Å². The summed E-state index contributed by atoms with van der Waals surface area (Å²) in [6, 6.07) is 0. The minimum absolute atomic E-state index is 0.215. The van der Waals surface area contributed by atoms with Crippen LogP contribution in [0.3, 0.4) is 0 Å². The van der Waals surface area contributed by atoms with Crippen LogP contribution < -0.4 is 5.73 Å². The highest BCUT2D eigenvalue weighted by Crippen LogP contribution is 2.06. The molecule has 0 aliphatic rings. The Hall–Kier alpha value is -0.770. The molecule has 5 heteroatoms. The van der Waals surface area contributed by atoms with Crippen LogP contribution in [0.1, 0.15) is 13.3 Å². The molecule has 0 radical (unpaired) electrons. The van der Waals surface area contributed by atoms with Crippen molar-refractivity contribution >= 4 is 23.5 Å². The third-order valence-corrected chi connectivity index (χ3v) is 1.53. The molecule has 0 aromatic carbocycles. The summed E-state index contributed by atoms with van der Waals surface area (Å²) in [6.07, 6.45) is 0.232. The molecule has 0 saturated heterocycles. The Morgan fingerprint density at radius 2 is 2.17 bits per heavy atom. The van der Waals surface area contributed by atoms with Gasteiger partial charge in [0.1, 0.15) is 5.92 Å². The van der Waals surface area contributed by atoms with Crippen molar-refractivity contribution in [3.8, 4) is 0 Å². The van der Waals surface area contributed by atoms with E-state index in [1.807, 2.05) is 0 Å². The van der Waals surface area contributed by atoms with Gasteiger partial charge in [-0.25, -0.2) is 0 Å². The maximum Gasteiger partial charge on any atom is 0.318 e. The molecule has 1 amide bonds. The second-order valence-electron chi connectivity index (χ2n) is 2.18. The minimum Gasteiger partial charge on any atom is -0.465 e. The lowest BCUT2D eigenvalue weighted by molar-refractivity contribution is -0.151. The topological polar surface area (TPSA) is 69.4 Å². The molecule has 0 aliphatic heterocycles. The molecule has 4 nitrogen and oxygen atoms in total. The van der Waals surface area contributed by atoms with E-state index >= 15 is 0 Å². The van der Waals surface area contributed by atoms with Gasteiger partial charge in [0.05, 0.1) is 6.61 Å². The van der Waals surface area contributed by atoms with Gasteiger partial charge in [-0.15, -0.1) is 11.6 Å². The number of esters is 1. The molecule has 0 fully saturated rings. The zero-order chi connectivity index (χ0) is 9.56. The van der Waals surface area contributed by atoms with Crippen LogP contribution in [0.25, 0.3) is 0 Å². The van der Waals surface area contributed by atoms with E-state index in [9.17, 15) is 9.59 Å². The van der Waals surface area contributed by atoms with E-state index < -0.39 is 17.8 Å². The van der Waals surface area contributed by atoms with Crippen molar-refractivity contribution in [3.63, 3.8) is 0 Å². The van der Waals surface area contributed by atoms with Crippen LogP contribution >= 0.6 is 11.6 Å². The monoisotopic (exact) mass is 193 g/mol. The molecule has 1 atom stereocenters. The SMILES string of the molecule is CCOC(=O)[C@@H](CCCl)C(N)=O. The summed E-state index contributed by atoms with van der Waals surface area (Å²) in [5.74, 6) is -1.96. The van der Waals surface area contributed by atoms with Gasteiger partial charge in [0.15, 0.2) is 0 Å². The van der Waals surface area contributed by atoms with E-state index in [-0.39, 0.29) is 18.9 Å². The molecule has 0 aromatic rings. The van der Waals surface area contributed by atoms with Gasteiger partial charge in [-0.05, 0) is 13.3 Å². The molecule has 0 aliphatic carbocycles. The number of ether oxygens (including phenoxy) is 1. The number of hydrogen-bond donors (Lipinski definition) is 1. The maximum absolute atomic E-state index is 11.0. The largest absolute Gasteiger partial charge is 0.465 e. The molecular weight excluding hydrogens is 182 g/mol. The van der Waals surface area contributed by atoms with Crippen molar-refractivity contribution in [3.05, 3.63) is 0 Å². The molecule has 0 heterocycles. The van der Waals surface area contributed by atoms with Gasteiger partial charge in [-0.3, -0.25) is 9.59 Å². The van der Waals surface area contributed by atoms with Crippen molar-refractivity contribution in [2.45, 2.75) is 13.3 Å². The van der Waals surface area contributed by atoms with E-state index in [1.165, 1.54) is 0 Å². The first kappa shape index (κ1) is 11.2. The third-order valence-electron chi connectivity index (χ3n) is 1.31. The highest BCUT2D eigenvalue weighted by atomic mass is 35.5. The highest BCUT2D eigenvalue weighted by molar-refractivity contribution is 6.18. The van der Waals surface area contributed by atoms with Gasteiger partial charge in [0, 0.05) is 5.88 Å². The van der Waals surface area contributed by atoms with E-state index in [1.54, 1.807) is 6.92 Å². The molecule has 0 spiro atoms. The first-order chi connectivity index (χ1) is 5.63. The van der Waals surface area contributed by atoms with Crippen LogP contribution in [0, 0.1) is 5.92 Å². The summed E-state index contributed by atoms with van der Waals surface area (Å²) in [6.45, 7) is 1.90. The number of alkyl halides is 1. The van der Waals surface area contributed by atoms with E-state index in [4.69, 9.17) is 17.3 Å². The van der Waals surface area contributed by atoms with Gasteiger partial charge >= 0.3 is 5.97 Å². The maximum atomic E-state index is 11.0. The Balaban J connectivity index is 4.09. The number of carbonyl (C=O) groups is 2. The van der Waals surface area contributed by atoms with Crippen LogP contribution in [-0.4, -0.2) is 24.4 Å². The predicted octanol–water partition coefficient (Wildman–Crippen LogP) is 0.280.